The van der Waals surface area contributed by atoms with Gasteiger partial charge in [-0.2, -0.15) is 5.10 Å². The van der Waals surface area contributed by atoms with Gasteiger partial charge < -0.3 is 4.74 Å². The highest BCUT2D eigenvalue weighted by atomic mass is 16.5. The maximum Gasteiger partial charge on any atom is 0.188 e. The third-order valence-corrected chi connectivity index (χ3v) is 4.08. The van der Waals surface area contributed by atoms with E-state index in [2.05, 4.69) is 23.3 Å². The summed E-state index contributed by atoms with van der Waals surface area (Å²) in [4.78, 5) is 12.7. The van der Waals surface area contributed by atoms with E-state index in [0.29, 0.717) is 11.4 Å². The molecule has 0 fully saturated rings. The maximum atomic E-state index is 12.7. The summed E-state index contributed by atoms with van der Waals surface area (Å²) in [7, 11) is 3.36. The molecule has 1 aromatic heterocycles. The standard InChI is InChI=1S/C16H18N2O2/c1-18-15(14(20-2)10-17-18)16(19)13-8-7-11-5-3-4-6-12(11)9-13/h3-6,10,13H,7-9H2,1-2H3. The van der Waals surface area contributed by atoms with Crippen LogP contribution in [0.1, 0.15) is 28.0 Å². The second-order valence-corrected chi connectivity index (χ2v) is 5.26. The number of benzene rings is 1. The fraction of sp³-hybridized carbons (Fsp3) is 0.375. The predicted molar refractivity (Wildman–Crippen MR) is 76.0 cm³/mol. The number of aryl methyl sites for hydroxylation is 2. The van der Waals surface area contributed by atoms with Crippen LogP contribution >= 0.6 is 0 Å². The Morgan fingerprint density at radius 3 is 2.85 bits per heavy atom. The number of hydrogen-bond acceptors (Lipinski definition) is 3. The van der Waals surface area contributed by atoms with E-state index in [1.807, 2.05) is 6.07 Å². The van der Waals surface area contributed by atoms with Gasteiger partial charge in [0.05, 0.1) is 13.3 Å². The van der Waals surface area contributed by atoms with Crippen molar-refractivity contribution >= 4 is 5.78 Å². The molecule has 4 nitrogen and oxygen atoms in total. The van der Waals surface area contributed by atoms with Gasteiger partial charge in [0, 0.05) is 13.0 Å². The SMILES string of the molecule is COc1cnn(C)c1C(=O)C1CCc2ccccc2C1. The van der Waals surface area contributed by atoms with E-state index in [0.717, 1.165) is 19.3 Å². The average molecular weight is 270 g/mol. The number of Topliss-reactive ketones (excluding diaryl/α,β-unsaturated/α-hetero) is 1. The van der Waals surface area contributed by atoms with Crippen LogP contribution in [-0.2, 0) is 19.9 Å². The van der Waals surface area contributed by atoms with Gasteiger partial charge >= 0.3 is 0 Å². The van der Waals surface area contributed by atoms with Gasteiger partial charge in [0.1, 0.15) is 5.69 Å². The van der Waals surface area contributed by atoms with Crippen molar-refractivity contribution in [2.45, 2.75) is 19.3 Å². The van der Waals surface area contributed by atoms with Gasteiger partial charge in [-0.15, -0.1) is 0 Å². The third-order valence-electron chi connectivity index (χ3n) is 4.08. The lowest BCUT2D eigenvalue weighted by molar-refractivity contribution is 0.0895. The number of nitrogens with zero attached hydrogens (tertiary/aromatic N) is 2. The van der Waals surface area contributed by atoms with Crippen molar-refractivity contribution in [3.63, 3.8) is 0 Å². The highest BCUT2D eigenvalue weighted by molar-refractivity contribution is 5.99. The molecule has 1 heterocycles. The molecule has 104 valence electrons. The minimum Gasteiger partial charge on any atom is -0.493 e. The Morgan fingerprint density at radius 2 is 2.10 bits per heavy atom. The molecule has 1 aliphatic carbocycles. The first-order chi connectivity index (χ1) is 9.70. The molecule has 0 radical (unpaired) electrons. The van der Waals surface area contributed by atoms with Crippen molar-refractivity contribution in [1.29, 1.82) is 0 Å². The number of carbonyl (C=O) groups excluding carboxylic acids is 1. The molecule has 1 aromatic carbocycles. The molecular weight excluding hydrogens is 252 g/mol. The van der Waals surface area contributed by atoms with Gasteiger partial charge in [-0.25, -0.2) is 0 Å². The molecule has 3 rings (SSSR count). The number of ether oxygens (including phenoxy) is 1. The molecular formula is C16H18N2O2. The Kier molecular flexibility index (Phi) is 3.30. The number of ketones is 1. The second-order valence-electron chi connectivity index (χ2n) is 5.26. The van der Waals surface area contributed by atoms with Crippen LogP contribution < -0.4 is 4.74 Å². The quantitative estimate of drug-likeness (QED) is 0.804. The monoisotopic (exact) mass is 270 g/mol. The van der Waals surface area contributed by atoms with Crippen LogP contribution in [0.5, 0.6) is 5.75 Å². The fourth-order valence-corrected chi connectivity index (χ4v) is 2.96. The first-order valence-corrected chi connectivity index (χ1v) is 6.87. The van der Waals surface area contributed by atoms with Gasteiger partial charge in [-0.1, -0.05) is 24.3 Å². The van der Waals surface area contributed by atoms with E-state index in [9.17, 15) is 4.79 Å². The molecule has 0 saturated heterocycles. The summed E-state index contributed by atoms with van der Waals surface area (Å²) in [5.41, 5.74) is 3.24. The van der Waals surface area contributed by atoms with Crippen LogP contribution in [0.3, 0.4) is 0 Å². The van der Waals surface area contributed by atoms with Crippen molar-refractivity contribution in [2.75, 3.05) is 7.11 Å². The first-order valence-electron chi connectivity index (χ1n) is 6.87. The summed E-state index contributed by atoms with van der Waals surface area (Å²) >= 11 is 0. The van der Waals surface area contributed by atoms with Gasteiger partial charge in [0.15, 0.2) is 11.5 Å². The van der Waals surface area contributed by atoms with Crippen molar-refractivity contribution in [1.82, 2.24) is 9.78 Å². The second kappa shape index (κ2) is 5.12. The maximum absolute atomic E-state index is 12.7. The van der Waals surface area contributed by atoms with Gasteiger partial charge in [-0.05, 0) is 30.4 Å². The highest BCUT2D eigenvalue weighted by Gasteiger charge is 2.29. The van der Waals surface area contributed by atoms with Crippen LogP contribution in [0.25, 0.3) is 0 Å². The smallest absolute Gasteiger partial charge is 0.188 e. The van der Waals surface area contributed by atoms with Gasteiger partial charge in [0.25, 0.3) is 0 Å². The van der Waals surface area contributed by atoms with Gasteiger partial charge in [-0.3, -0.25) is 9.48 Å². The molecule has 1 aliphatic rings. The molecule has 0 spiro atoms. The van der Waals surface area contributed by atoms with Crippen LogP contribution in [0, 0.1) is 5.92 Å². The molecule has 20 heavy (non-hydrogen) atoms. The lowest BCUT2D eigenvalue weighted by atomic mass is 9.81. The number of methoxy groups -OCH3 is 1. The Morgan fingerprint density at radius 1 is 1.35 bits per heavy atom. The number of aromatic nitrogens is 2. The molecule has 0 bridgehead atoms. The van der Waals surface area contributed by atoms with E-state index in [1.165, 1.54) is 11.1 Å². The molecule has 0 amide bonds. The predicted octanol–water partition coefficient (Wildman–Crippen LogP) is 2.42. The van der Waals surface area contributed by atoms with Crippen molar-refractivity contribution < 1.29 is 9.53 Å². The van der Waals surface area contributed by atoms with Crippen LogP contribution in [0.4, 0.5) is 0 Å². The highest BCUT2D eigenvalue weighted by Crippen LogP contribution is 2.30. The van der Waals surface area contributed by atoms with Crippen LogP contribution in [0.2, 0.25) is 0 Å². The summed E-state index contributed by atoms with van der Waals surface area (Å²) in [6.07, 6.45) is 4.27. The van der Waals surface area contributed by atoms with E-state index in [4.69, 9.17) is 4.74 Å². The molecule has 0 saturated carbocycles. The van der Waals surface area contributed by atoms with Crippen molar-refractivity contribution in [3.05, 3.63) is 47.3 Å². The zero-order chi connectivity index (χ0) is 14.1. The molecule has 1 atom stereocenters. The lowest BCUT2D eigenvalue weighted by Gasteiger charge is -2.23. The molecule has 0 N–H and O–H groups in total. The number of hydrogen-bond donors (Lipinski definition) is 0. The first kappa shape index (κ1) is 12.9. The van der Waals surface area contributed by atoms with E-state index in [-0.39, 0.29) is 11.7 Å². The zero-order valence-electron chi connectivity index (χ0n) is 11.8. The molecule has 1 unspecified atom stereocenters. The van der Waals surface area contributed by atoms with Gasteiger partial charge in [0.2, 0.25) is 0 Å². The van der Waals surface area contributed by atoms with Crippen LogP contribution in [0.15, 0.2) is 30.5 Å². The summed E-state index contributed by atoms with van der Waals surface area (Å²) in [5, 5.41) is 4.12. The molecule has 4 heteroatoms. The Hall–Kier alpha value is -2.10. The van der Waals surface area contributed by atoms with E-state index >= 15 is 0 Å². The lowest BCUT2D eigenvalue weighted by Crippen LogP contribution is -2.25. The number of carbonyl (C=O) groups is 1. The van der Waals surface area contributed by atoms with Crippen molar-refractivity contribution in [3.8, 4) is 5.75 Å². The van der Waals surface area contributed by atoms with Crippen LogP contribution in [-0.4, -0.2) is 22.7 Å². The number of rotatable bonds is 3. The summed E-state index contributed by atoms with van der Waals surface area (Å²) < 4.78 is 6.86. The third kappa shape index (κ3) is 2.11. The van der Waals surface area contributed by atoms with E-state index in [1.54, 1.807) is 25.0 Å². The minimum atomic E-state index is 0.0224. The average Bonchev–Trinajstić information content (AvgIpc) is 2.87. The topological polar surface area (TPSA) is 44.1 Å². The summed E-state index contributed by atoms with van der Waals surface area (Å²) in [6.45, 7) is 0. The normalized spacial score (nSPS) is 17.6. The number of fused-ring (bicyclic) bond motifs is 1. The van der Waals surface area contributed by atoms with Crippen molar-refractivity contribution in [2.24, 2.45) is 13.0 Å². The Labute approximate surface area is 118 Å². The zero-order valence-corrected chi connectivity index (χ0v) is 11.8. The minimum absolute atomic E-state index is 0.0224. The summed E-state index contributed by atoms with van der Waals surface area (Å²) in [6, 6.07) is 8.37. The molecule has 0 aliphatic heterocycles. The Balaban J connectivity index is 1.88. The fourth-order valence-electron chi connectivity index (χ4n) is 2.96. The summed E-state index contributed by atoms with van der Waals surface area (Å²) in [5.74, 6) is 0.724. The van der Waals surface area contributed by atoms with E-state index < -0.39 is 0 Å². The largest absolute Gasteiger partial charge is 0.493 e. The molecule has 2 aromatic rings. The Bertz CT molecular complexity index is 646.